The zero-order valence-electron chi connectivity index (χ0n) is 12.0. The van der Waals surface area contributed by atoms with Crippen LogP contribution in [-0.4, -0.2) is 15.7 Å². The van der Waals surface area contributed by atoms with Crippen molar-refractivity contribution in [2.45, 2.75) is 20.0 Å². The van der Waals surface area contributed by atoms with Crippen molar-refractivity contribution in [3.8, 4) is 0 Å². The number of halogens is 4. The number of benzene rings is 1. The van der Waals surface area contributed by atoms with Crippen LogP contribution in [0, 0.1) is 13.8 Å². The van der Waals surface area contributed by atoms with E-state index in [0.29, 0.717) is 10.4 Å². The van der Waals surface area contributed by atoms with E-state index < -0.39 is 17.8 Å². The van der Waals surface area contributed by atoms with E-state index in [1.165, 1.54) is 0 Å². The van der Waals surface area contributed by atoms with Gasteiger partial charge >= 0.3 is 6.18 Å². The third-order valence-electron chi connectivity index (χ3n) is 3.33. The van der Waals surface area contributed by atoms with Crippen LogP contribution in [-0.2, 0) is 13.2 Å². The lowest BCUT2D eigenvalue weighted by Gasteiger charge is -2.09. The lowest BCUT2D eigenvalue weighted by Crippen LogP contribution is -2.14. The molecule has 1 aromatic heterocycles. The summed E-state index contributed by atoms with van der Waals surface area (Å²) in [6.07, 6.45) is -4.60. The standard InChI is InChI=1S/C14H13BrF3N3O/c1-7-5-4-6-9(8(7)2)19-13(22)11-10(15)12(14(16,17)18)21(3)20-11/h4-6H,1-3H3,(H,19,22). The van der Waals surface area contributed by atoms with Gasteiger partial charge in [0.25, 0.3) is 5.91 Å². The highest BCUT2D eigenvalue weighted by Gasteiger charge is 2.39. The molecule has 22 heavy (non-hydrogen) atoms. The predicted molar refractivity (Wildman–Crippen MR) is 79.8 cm³/mol. The molecule has 0 aliphatic carbocycles. The first-order chi connectivity index (χ1) is 10.1. The van der Waals surface area contributed by atoms with Crippen molar-refractivity contribution in [2.24, 2.45) is 7.05 Å². The molecule has 0 bridgehead atoms. The fraction of sp³-hybridized carbons (Fsp3) is 0.286. The molecule has 0 saturated carbocycles. The zero-order chi connectivity index (χ0) is 16.7. The number of alkyl halides is 3. The number of hydrogen-bond donors (Lipinski definition) is 1. The summed E-state index contributed by atoms with van der Waals surface area (Å²) in [6.45, 7) is 3.70. The van der Waals surface area contributed by atoms with Crippen molar-refractivity contribution < 1.29 is 18.0 Å². The van der Waals surface area contributed by atoms with Gasteiger partial charge in [-0.1, -0.05) is 12.1 Å². The van der Waals surface area contributed by atoms with Crippen molar-refractivity contribution >= 4 is 27.5 Å². The summed E-state index contributed by atoms with van der Waals surface area (Å²) in [5.74, 6) is -0.702. The van der Waals surface area contributed by atoms with Crippen molar-refractivity contribution in [2.75, 3.05) is 5.32 Å². The van der Waals surface area contributed by atoms with Crippen LogP contribution in [0.1, 0.15) is 27.3 Å². The number of carbonyl (C=O) groups is 1. The summed E-state index contributed by atoms with van der Waals surface area (Å²) >= 11 is 2.82. The first-order valence-corrected chi connectivity index (χ1v) is 7.09. The second-order valence-electron chi connectivity index (χ2n) is 4.83. The summed E-state index contributed by atoms with van der Waals surface area (Å²) in [7, 11) is 1.14. The van der Waals surface area contributed by atoms with E-state index in [9.17, 15) is 18.0 Å². The quantitative estimate of drug-likeness (QED) is 0.859. The number of hydrogen-bond acceptors (Lipinski definition) is 2. The second-order valence-corrected chi connectivity index (χ2v) is 5.63. The minimum Gasteiger partial charge on any atom is -0.320 e. The van der Waals surface area contributed by atoms with Gasteiger partial charge in [0, 0.05) is 12.7 Å². The van der Waals surface area contributed by atoms with Gasteiger partial charge in [-0.05, 0) is 47.0 Å². The van der Waals surface area contributed by atoms with Gasteiger partial charge in [0.05, 0.1) is 4.47 Å². The number of rotatable bonds is 2. The van der Waals surface area contributed by atoms with Crippen LogP contribution >= 0.6 is 15.9 Å². The highest BCUT2D eigenvalue weighted by Crippen LogP contribution is 2.36. The lowest BCUT2D eigenvalue weighted by atomic mass is 10.1. The molecule has 0 aliphatic heterocycles. The van der Waals surface area contributed by atoms with Crippen LogP contribution in [0.4, 0.5) is 18.9 Å². The van der Waals surface area contributed by atoms with E-state index in [1.54, 1.807) is 12.1 Å². The molecule has 1 heterocycles. The van der Waals surface area contributed by atoms with Crippen LogP contribution < -0.4 is 5.32 Å². The van der Waals surface area contributed by atoms with Gasteiger partial charge in [0.1, 0.15) is 0 Å². The summed E-state index contributed by atoms with van der Waals surface area (Å²) in [5, 5.41) is 6.25. The maximum atomic E-state index is 12.9. The fourth-order valence-corrected chi connectivity index (χ4v) is 2.76. The van der Waals surface area contributed by atoms with Crippen molar-refractivity contribution in [1.29, 1.82) is 0 Å². The molecule has 118 valence electrons. The van der Waals surface area contributed by atoms with Gasteiger partial charge in [-0.15, -0.1) is 0 Å². The van der Waals surface area contributed by atoms with E-state index in [-0.39, 0.29) is 10.2 Å². The highest BCUT2D eigenvalue weighted by atomic mass is 79.9. The highest BCUT2D eigenvalue weighted by molar-refractivity contribution is 9.10. The second kappa shape index (κ2) is 5.75. The Hall–Kier alpha value is -1.83. The number of nitrogens with zero attached hydrogens (tertiary/aromatic N) is 2. The number of amides is 1. The molecule has 8 heteroatoms. The number of carbonyl (C=O) groups excluding carboxylic acids is 1. The molecule has 2 aromatic rings. The van der Waals surface area contributed by atoms with E-state index in [0.717, 1.165) is 18.2 Å². The summed E-state index contributed by atoms with van der Waals surface area (Å²) < 4.78 is 39.0. The van der Waals surface area contributed by atoms with Crippen molar-refractivity contribution in [3.63, 3.8) is 0 Å². The first-order valence-electron chi connectivity index (χ1n) is 6.30. The molecule has 0 atom stereocenters. The third kappa shape index (κ3) is 3.01. The Bertz CT molecular complexity index is 738. The SMILES string of the molecule is Cc1cccc(NC(=O)c2nn(C)c(C(F)(F)F)c2Br)c1C. The molecule has 2 rings (SSSR count). The Morgan fingerprint density at radius 3 is 2.50 bits per heavy atom. The molecule has 0 fully saturated rings. The molecule has 1 aromatic carbocycles. The molecule has 0 unspecified atom stereocenters. The number of anilines is 1. The van der Waals surface area contributed by atoms with Crippen LogP contribution in [0.25, 0.3) is 0 Å². The van der Waals surface area contributed by atoms with Crippen LogP contribution in [0.5, 0.6) is 0 Å². The molecule has 0 radical (unpaired) electrons. The number of aryl methyl sites for hydroxylation is 2. The monoisotopic (exact) mass is 375 g/mol. The van der Waals surface area contributed by atoms with Crippen molar-refractivity contribution in [3.05, 3.63) is 45.2 Å². The third-order valence-corrected chi connectivity index (χ3v) is 4.08. The maximum Gasteiger partial charge on any atom is 0.434 e. The lowest BCUT2D eigenvalue weighted by molar-refractivity contribution is -0.144. The average Bonchev–Trinajstić information content (AvgIpc) is 2.70. The first kappa shape index (κ1) is 16.5. The Labute approximate surface area is 133 Å². The minimum absolute atomic E-state index is 0.310. The normalized spacial score (nSPS) is 11.6. The number of nitrogens with one attached hydrogen (secondary N) is 1. The van der Waals surface area contributed by atoms with E-state index in [1.807, 2.05) is 19.9 Å². The maximum absolute atomic E-state index is 12.9. The van der Waals surface area contributed by atoms with Gasteiger partial charge in [-0.25, -0.2) is 0 Å². The van der Waals surface area contributed by atoms with Crippen molar-refractivity contribution in [1.82, 2.24) is 9.78 Å². The van der Waals surface area contributed by atoms with Gasteiger partial charge in [0.2, 0.25) is 0 Å². The Morgan fingerprint density at radius 2 is 1.95 bits per heavy atom. The Kier molecular flexibility index (Phi) is 4.32. The molecular weight excluding hydrogens is 363 g/mol. The van der Waals surface area contributed by atoms with E-state index >= 15 is 0 Å². The van der Waals surface area contributed by atoms with Crippen LogP contribution in [0.2, 0.25) is 0 Å². The van der Waals surface area contributed by atoms with E-state index in [2.05, 4.69) is 26.3 Å². The molecule has 4 nitrogen and oxygen atoms in total. The molecule has 0 saturated heterocycles. The molecule has 0 aliphatic rings. The Balaban J connectivity index is 2.37. The predicted octanol–water partition coefficient (Wildman–Crippen LogP) is 4.07. The van der Waals surface area contributed by atoms with Gasteiger partial charge in [-0.2, -0.15) is 18.3 Å². The summed E-state index contributed by atoms with van der Waals surface area (Å²) in [5.41, 5.74) is 1.04. The Morgan fingerprint density at radius 1 is 1.32 bits per heavy atom. The largest absolute Gasteiger partial charge is 0.434 e. The topological polar surface area (TPSA) is 46.9 Å². The minimum atomic E-state index is -4.60. The zero-order valence-corrected chi connectivity index (χ0v) is 13.6. The fourth-order valence-electron chi connectivity index (χ4n) is 2.02. The summed E-state index contributed by atoms with van der Waals surface area (Å²) in [4.78, 5) is 12.2. The average molecular weight is 376 g/mol. The number of aromatic nitrogens is 2. The van der Waals surface area contributed by atoms with Crippen LogP contribution in [0.15, 0.2) is 22.7 Å². The van der Waals surface area contributed by atoms with Crippen LogP contribution in [0.3, 0.4) is 0 Å². The van der Waals surface area contributed by atoms with Gasteiger partial charge < -0.3 is 5.32 Å². The van der Waals surface area contributed by atoms with E-state index in [4.69, 9.17) is 0 Å². The molecular formula is C14H13BrF3N3O. The molecule has 1 N–H and O–H groups in total. The van der Waals surface area contributed by atoms with Gasteiger partial charge in [0.15, 0.2) is 11.4 Å². The molecule has 1 amide bonds. The summed E-state index contributed by atoms with van der Waals surface area (Å²) in [6, 6.07) is 5.32. The molecule has 0 spiro atoms. The van der Waals surface area contributed by atoms with Gasteiger partial charge in [-0.3, -0.25) is 9.48 Å². The smallest absolute Gasteiger partial charge is 0.320 e.